The van der Waals surface area contributed by atoms with E-state index in [4.69, 9.17) is 14.2 Å². The Morgan fingerprint density at radius 1 is 1.45 bits per heavy atom. The number of ether oxygens (including phenoxy) is 3. The fourth-order valence-corrected chi connectivity index (χ4v) is 2.10. The molecule has 0 atom stereocenters. The Balaban J connectivity index is 2.54. The summed E-state index contributed by atoms with van der Waals surface area (Å²) in [4.78, 5) is 11.3. The van der Waals surface area contributed by atoms with Crippen molar-refractivity contribution in [3.63, 3.8) is 0 Å². The number of carboxylic acid groups (broad SMARTS) is 1. The van der Waals surface area contributed by atoms with Gasteiger partial charge in [-0.25, -0.2) is 4.39 Å². The maximum Gasteiger partial charge on any atom is 0.309 e. The lowest BCUT2D eigenvalue weighted by Gasteiger charge is -2.26. The zero-order chi connectivity index (χ0) is 14.9. The van der Waals surface area contributed by atoms with E-state index in [-0.39, 0.29) is 17.9 Å². The molecule has 1 N–H and O–H groups in total. The Kier molecular flexibility index (Phi) is 3.74. The van der Waals surface area contributed by atoms with Gasteiger partial charge in [-0.1, -0.05) is 0 Å². The molecule has 2 rings (SSSR count). The van der Waals surface area contributed by atoms with Crippen LogP contribution in [0.5, 0.6) is 17.2 Å². The zero-order valence-corrected chi connectivity index (χ0v) is 11.7. The van der Waals surface area contributed by atoms with Gasteiger partial charge in [-0.3, -0.25) is 4.79 Å². The molecule has 1 aromatic rings. The second-order valence-electron chi connectivity index (χ2n) is 5.26. The third-order valence-corrected chi connectivity index (χ3v) is 3.24. The van der Waals surface area contributed by atoms with E-state index in [1.807, 2.05) is 0 Å². The molecular weight excluding hydrogens is 267 g/mol. The summed E-state index contributed by atoms with van der Waals surface area (Å²) in [7, 11) is 1.34. The highest BCUT2D eigenvalue weighted by Gasteiger charge is 2.33. The van der Waals surface area contributed by atoms with Crippen LogP contribution in [0.15, 0.2) is 6.07 Å². The highest BCUT2D eigenvalue weighted by Crippen LogP contribution is 2.44. The molecule has 20 heavy (non-hydrogen) atoms. The highest BCUT2D eigenvalue weighted by molar-refractivity contribution is 5.74. The van der Waals surface area contributed by atoms with Crippen molar-refractivity contribution in [1.29, 1.82) is 0 Å². The van der Waals surface area contributed by atoms with Gasteiger partial charge in [0.2, 0.25) is 0 Å². The van der Waals surface area contributed by atoms with Crippen molar-refractivity contribution in [2.24, 2.45) is 5.41 Å². The van der Waals surface area contributed by atoms with Crippen molar-refractivity contribution in [3.05, 3.63) is 17.4 Å². The Hall–Kier alpha value is -1.98. The number of benzene rings is 1. The number of aliphatic carboxylic acids is 1. The van der Waals surface area contributed by atoms with Gasteiger partial charge in [0.25, 0.3) is 0 Å². The smallest absolute Gasteiger partial charge is 0.309 e. The van der Waals surface area contributed by atoms with Gasteiger partial charge < -0.3 is 19.3 Å². The predicted octanol–water partition coefficient (Wildman–Crippen LogP) is 2.26. The van der Waals surface area contributed by atoms with Gasteiger partial charge in [-0.05, 0) is 20.3 Å². The van der Waals surface area contributed by atoms with Gasteiger partial charge in [0.05, 0.1) is 12.5 Å². The van der Waals surface area contributed by atoms with Crippen LogP contribution in [0.1, 0.15) is 19.4 Å². The van der Waals surface area contributed by atoms with Crippen LogP contribution in [-0.4, -0.2) is 31.4 Å². The summed E-state index contributed by atoms with van der Waals surface area (Å²) >= 11 is 0. The minimum Gasteiger partial charge on any atom is -0.493 e. The molecule has 0 saturated carbocycles. The quantitative estimate of drug-likeness (QED) is 0.918. The molecule has 1 heterocycles. The minimum absolute atomic E-state index is 0.00331. The molecule has 0 spiro atoms. The molecule has 110 valence electrons. The normalized spacial score (nSPS) is 14.0. The van der Waals surface area contributed by atoms with E-state index in [1.165, 1.54) is 13.2 Å². The first kappa shape index (κ1) is 14.4. The maximum absolute atomic E-state index is 14.0. The predicted molar refractivity (Wildman–Crippen MR) is 69.1 cm³/mol. The Morgan fingerprint density at radius 2 is 2.10 bits per heavy atom. The molecule has 0 fully saturated rings. The molecule has 0 aliphatic carbocycles. The van der Waals surface area contributed by atoms with Crippen molar-refractivity contribution in [3.8, 4) is 17.2 Å². The molecule has 0 unspecified atom stereocenters. The summed E-state index contributed by atoms with van der Waals surface area (Å²) in [5, 5.41) is 9.23. The van der Waals surface area contributed by atoms with E-state index in [1.54, 1.807) is 13.8 Å². The van der Waals surface area contributed by atoms with Crippen LogP contribution in [-0.2, 0) is 11.2 Å². The third-order valence-electron chi connectivity index (χ3n) is 3.24. The summed E-state index contributed by atoms with van der Waals surface area (Å²) in [6, 6.07) is 1.20. The topological polar surface area (TPSA) is 65.0 Å². The molecule has 1 aliphatic heterocycles. The maximum atomic E-state index is 14.0. The SMILES string of the molecule is COc1c(F)cc2c(c1CC(C)(C)C(=O)O)OCCO2. The zero-order valence-electron chi connectivity index (χ0n) is 11.7. The third kappa shape index (κ3) is 2.50. The highest BCUT2D eigenvalue weighted by atomic mass is 19.1. The average molecular weight is 284 g/mol. The summed E-state index contributed by atoms with van der Waals surface area (Å²) in [6.45, 7) is 3.80. The van der Waals surface area contributed by atoms with E-state index in [0.717, 1.165) is 0 Å². The summed E-state index contributed by atoms with van der Waals surface area (Å²) in [5.41, 5.74) is -0.690. The van der Waals surface area contributed by atoms with Gasteiger partial charge in [0.15, 0.2) is 23.1 Å². The number of rotatable bonds is 4. The molecule has 5 nitrogen and oxygen atoms in total. The Morgan fingerprint density at radius 3 is 2.70 bits per heavy atom. The molecule has 0 amide bonds. The van der Waals surface area contributed by atoms with Crippen molar-refractivity contribution in [2.45, 2.75) is 20.3 Å². The first-order valence-electron chi connectivity index (χ1n) is 6.25. The molecule has 1 aromatic carbocycles. The van der Waals surface area contributed by atoms with Crippen molar-refractivity contribution < 1.29 is 28.5 Å². The van der Waals surface area contributed by atoms with Crippen LogP contribution in [0.3, 0.4) is 0 Å². The lowest BCUT2D eigenvalue weighted by atomic mass is 9.85. The van der Waals surface area contributed by atoms with Crippen LogP contribution in [0.25, 0.3) is 0 Å². The fraction of sp³-hybridized carbons (Fsp3) is 0.500. The van der Waals surface area contributed by atoms with Crippen LogP contribution in [0.2, 0.25) is 0 Å². The van der Waals surface area contributed by atoms with Crippen molar-refractivity contribution in [2.75, 3.05) is 20.3 Å². The molecule has 0 aromatic heterocycles. The number of carbonyl (C=O) groups is 1. The Labute approximate surface area is 116 Å². The van der Waals surface area contributed by atoms with Gasteiger partial charge in [-0.15, -0.1) is 0 Å². The van der Waals surface area contributed by atoms with Crippen LogP contribution in [0.4, 0.5) is 4.39 Å². The standard InChI is InChI=1S/C14H17FO5/c1-14(2,13(16)17)7-8-11(18-3)9(15)6-10-12(8)20-5-4-19-10/h6H,4-5,7H2,1-3H3,(H,16,17). The van der Waals surface area contributed by atoms with E-state index < -0.39 is 17.2 Å². The number of carboxylic acids is 1. The second-order valence-corrected chi connectivity index (χ2v) is 5.26. The molecule has 0 saturated heterocycles. The number of halogens is 1. The van der Waals surface area contributed by atoms with Gasteiger partial charge >= 0.3 is 5.97 Å². The number of methoxy groups -OCH3 is 1. The minimum atomic E-state index is -1.07. The first-order chi connectivity index (χ1) is 9.36. The van der Waals surface area contributed by atoms with Crippen LogP contribution in [0, 0.1) is 11.2 Å². The van der Waals surface area contributed by atoms with Gasteiger partial charge in [-0.2, -0.15) is 0 Å². The molecule has 6 heteroatoms. The molecular formula is C14H17FO5. The summed E-state index contributed by atoms with van der Waals surface area (Å²) in [5.74, 6) is -0.916. The van der Waals surface area contributed by atoms with E-state index in [9.17, 15) is 14.3 Å². The number of fused-ring (bicyclic) bond motifs is 1. The summed E-state index contributed by atoms with van der Waals surface area (Å²) < 4.78 is 29.9. The van der Waals surface area contributed by atoms with E-state index >= 15 is 0 Å². The largest absolute Gasteiger partial charge is 0.493 e. The van der Waals surface area contributed by atoms with Gasteiger partial charge in [0, 0.05) is 11.6 Å². The Bertz CT molecular complexity index is 539. The molecule has 0 radical (unpaired) electrons. The second kappa shape index (κ2) is 5.19. The van der Waals surface area contributed by atoms with Gasteiger partial charge in [0.1, 0.15) is 13.2 Å². The van der Waals surface area contributed by atoms with Crippen molar-refractivity contribution in [1.82, 2.24) is 0 Å². The monoisotopic (exact) mass is 284 g/mol. The lowest BCUT2D eigenvalue weighted by Crippen LogP contribution is -2.27. The van der Waals surface area contributed by atoms with E-state index in [2.05, 4.69) is 0 Å². The molecule has 1 aliphatic rings. The fourth-order valence-electron chi connectivity index (χ4n) is 2.10. The van der Waals surface area contributed by atoms with E-state index in [0.29, 0.717) is 24.5 Å². The van der Waals surface area contributed by atoms with Crippen molar-refractivity contribution >= 4 is 5.97 Å². The van der Waals surface area contributed by atoms with Crippen LogP contribution < -0.4 is 14.2 Å². The molecule has 0 bridgehead atoms. The number of hydrogen-bond donors (Lipinski definition) is 1. The van der Waals surface area contributed by atoms with Crippen LogP contribution >= 0.6 is 0 Å². The summed E-state index contributed by atoms with van der Waals surface area (Å²) in [6.07, 6.45) is 0.0783. The first-order valence-corrected chi connectivity index (χ1v) is 6.25. The average Bonchev–Trinajstić information content (AvgIpc) is 2.38. The number of hydrogen-bond acceptors (Lipinski definition) is 4. The lowest BCUT2D eigenvalue weighted by molar-refractivity contribution is -0.146.